The highest BCUT2D eigenvalue weighted by molar-refractivity contribution is 6.78. The Hall–Kier alpha value is -0.263. The minimum atomic E-state index is -1.41. The van der Waals surface area contributed by atoms with Gasteiger partial charge in [-0.15, -0.1) is 12.3 Å². The van der Waals surface area contributed by atoms with Crippen molar-refractivity contribution in [3.63, 3.8) is 0 Å². The SMILES string of the molecule is C#CC(C1(O)CCCC1)[Si](C)(C)C. The van der Waals surface area contributed by atoms with Gasteiger partial charge < -0.3 is 5.11 Å². The molecule has 0 radical (unpaired) electrons. The van der Waals surface area contributed by atoms with Crippen LogP contribution in [0.1, 0.15) is 25.7 Å². The smallest absolute Gasteiger partial charge is 0.0759 e. The zero-order valence-electron chi connectivity index (χ0n) is 8.93. The van der Waals surface area contributed by atoms with Gasteiger partial charge in [0.15, 0.2) is 0 Å². The Morgan fingerprint density at radius 3 is 2.08 bits per heavy atom. The maximum atomic E-state index is 10.4. The first kappa shape index (κ1) is 10.8. The molecule has 1 nitrogen and oxygen atoms in total. The second kappa shape index (κ2) is 3.47. The van der Waals surface area contributed by atoms with Crippen LogP contribution in [0.25, 0.3) is 0 Å². The zero-order valence-corrected chi connectivity index (χ0v) is 9.93. The fourth-order valence-electron chi connectivity index (χ4n) is 2.49. The van der Waals surface area contributed by atoms with Crippen molar-refractivity contribution in [2.45, 2.75) is 56.5 Å². The third-order valence-corrected chi connectivity index (χ3v) is 5.48. The first-order chi connectivity index (χ1) is 5.90. The van der Waals surface area contributed by atoms with Crippen molar-refractivity contribution in [1.82, 2.24) is 0 Å². The summed E-state index contributed by atoms with van der Waals surface area (Å²) >= 11 is 0. The van der Waals surface area contributed by atoms with Crippen molar-refractivity contribution in [1.29, 1.82) is 0 Å². The Morgan fingerprint density at radius 2 is 1.77 bits per heavy atom. The molecular weight excluding hydrogens is 176 g/mol. The molecule has 1 unspecified atom stereocenters. The molecule has 1 aliphatic rings. The Morgan fingerprint density at radius 1 is 1.31 bits per heavy atom. The van der Waals surface area contributed by atoms with Gasteiger partial charge in [0, 0.05) is 5.54 Å². The largest absolute Gasteiger partial charge is 0.389 e. The summed E-state index contributed by atoms with van der Waals surface area (Å²) in [6, 6.07) is 0. The third kappa shape index (κ3) is 2.15. The molecule has 0 aromatic carbocycles. The highest BCUT2D eigenvalue weighted by Gasteiger charge is 2.44. The third-order valence-electron chi connectivity index (χ3n) is 3.04. The van der Waals surface area contributed by atoms with E-state index in [0.717, 1.165) is 25.7 Å². The van der Waals surface area contributed by atoms with E-state index in [1.54, 1.807) is 0 Å². The van der Waals surface area contributed by atoms with Crippen LogP contribution >= 0.6 is 0 Å². The average molecular weight is 196 g/mol. The van der Waals surface area contributed by atoms with E-state index >= 15 is 0 Å². The Labute approximate surface area is 82.6 Å². The van der Waals surface area contributed by atoms with Gasteiger partial charge in [-0.05, 0) is 12.8 Å². The van der Waals surface area contributed by atoms with E-state index < -0.39 is 13.7 Å². The molecule has 1 aliphatic carbocycles. The molecule has 1 fully saturated rings. The second-order valence-electron chi connectivity index (χ2n) is 5.28. The van der Waals surface area contributed by atoms with Crippen LogP contribution in [0.5, 0.6) is 0 Å². The summed E-state index contributed by atoms with van der Waals surface area (Å²) in [5, 5.41) is 10.4. The van der Waals surface area contributed by atoms with E-state index in [4.69, 9.17) is 6.42 Å². The molecular formula is C11H20OSi. The topological polar surface area (TPSA) is 20.2 Å². The van der Waals surface area contributed by atoms with E-state index in [1.165, 1.54) is 0 Å². The van der Waals surface area contributed by atoms with Gasteiger partial charge in [-0.25, -0.2) is 0 Å². The van der Waals surface area contributed by atoms with E-state index in [-0.39, 0.29) is 5.54 Å². The second-order valence-corrected chi connectivity index (χ2v) is 10.6. The van der Waals surface area contributed by atoms with Gasteiger partial charge >= 0.3 is 0 Å². The zero-order chi connectivity index (χ0) is 10.1. The summed E-state index contributed by atoms with van der Waals surface area (Å²) in [7, 11) is -1.41. The van der Waals surface area contributed by atoms with Crippen molar-refractivity contribution < 1.29 is 5.11 Å². The fraction of sp³-hybridized carbons (Fsp3) is 0.818. The minimum Gasteiger partial charge on any atom is -0.389 e. The normalized spacial score (nSPS) is 23.9. The summed E-state index contributed by atoms with van der Waals surface area (Å²) in [4.78, 5) is 0. The predicted octanol–water partition coefficient (Wildman–Crippen LogP) is 2.63. The van der Waals surface area contributed by atoms with Crippen molar-refractivity contribution in [2.24, 2.45) is 0 Å². The Bertz CT molecular complexity index is 215. The van der Waals surface area contributed by atoms with Crippen molar-refractivity contribution >= 4 is 8.07 Å². The molecule has 13 heavy (non-hydrogen) atoms. The number of hydrogen-bond donors (Lipinski definition) is 1. The molecule has 0 amide bonds. The van der Waals surface area contributed by atoms with Gasteiger partial charge in [0.1, 0.15) is 0 Å². The first-order valence-corrected chi connectivity index (χ1v) is 8.66. The van der Waals surface area contributed by atoms with Crippen molar-refractivity contribution in [3.8, 4) is 12.3 Å². The Balaban J connectivity index is 2.84. The molecule has 0 aromatic heterocycles. The van der Waals surface area contributed by atoms with Gasteiger partial charge in [-0.3, -0.25) is 0 Å². The quantitative estimate of drug-likeness (QED) is 0.532. The minimum absolute atomic E-state index is 0.127. The molecule has 0 aliphatic heterocycles. The summed E-state index contributed by atoms with van der Waals surface area (Å²) in [6.07, 6.45) is 9.64. The van der Waals surface area contributed by atoms with Crippen LogP contribution in [0, 0.1) is 12.3 Å². The lowest BCUT2D eigenvalue weighted by molar-refractivity contribution is 0.0514. The molecule has 1 saturated carbocycles. The van der Waals surface area contributed by atoms with E-state index in [2.05, 4.69) is 25.6 Å². The molecule has 0 bridgehead atoms. The molecule has 1 N–H and O–H groups in total. The predicted molar refractivity (Wildman–Crippen MR) is 59.3 cm³/mol. The van der Waals surface area contributed by atoms with Crippen molar-refractivity contribution in [2.75, 3.05) is 0 Å². The fourth-order valence-corrected chi connectivity index (χ4v) is 4.89. The summed E-state index contributed by atoms with van der Waals surface area (Å²) in [5.41, 5.74) is -0.401. The number of hydrogen-bond acceptors (Lipinski definition) is 1. The van der Waals surface area contributed by atoms with Gasteiger partial charge in [0.05, 0.1) is 13.7 Å². The lowest BCUT2D eigenvalue weighted by Gasteiger charge is -2.36. The molecule has 0 spiro atoms. The van der Waals surface area contributed by atoms with Gasteiger partial charge in [-0.2, -0.15) is 0 Å². The van der Waals surface area contributed by atoms with Crippen LogP contribution in [0.15, 0.2) is 0 Å². The summed E-state index contributed by atoms with van der Waals surface area (Å²) < 4.78 is 0. The van der Waals surface area contributed by atoms with Crippen LogP contribution < -0.4 is 0 Å². The highest BCUT2D eigenvalue weighted by atomic mass is 28.3. The molecule has 0 saturated heterocycles. The molecule has 0 aromatic rings. The molecule has 1 atom stereocenters. The molecule has 1 rings (SSSR count). The summed E-state index contributed by atoms with van der Waals surface area (Å²) in [5.74, 6) is 2.84. The van der Waals surface area contributed by atoms with Crippen LogP contribution in [0.3, 0.4) is 0 Å². The van der Waals surface area contributed by atoms with E-state index in [0.29, 0.717) is 0 Å². The van der Waals surface area contributed by atoms with Crippen LogP contribution in [0.4, 0.5) is 0 Å². The maximum absolute atomic E-state index is 10.4. The number of rotatable bonds is 2. The van der Waals surface area contributed by atoms with E-state index in [1.807, 2.05) is 0 Å². The molecule has 0 heterocycles. The van der Waals surface area contributed by atoms with Gasteiger partial charge in [0.25, 0.3) is 0 Å². The Kier molecular flexibility index (Phi) is 2.89. The van der Waals surface area contributed by atoms with Crippen molar-refractivity contribution in [3.05, 3.63) is 0 Å². The van der Waals surface area contributed by atoms with Gasteiger partial charge in [0.2, 0.25) is 0 Å². The first-order valence-electron chi connectivity index (χ1n) is 5.09. The lowest BCUT2D eigenvalue weighted by atomic mass is 9.98. The van der Waals surface area contributed by atoms with Crippen LogP contribution in [-0.2, 0) is 0 Å². The number of terminal acetylenes is 1. The monoisotopic (exact) mass is 196 g/mol. The van der Waals surface area contributed by atoms with Crippen LogP contribution in [-0.4, -0.2) is 18.8 Å². The lowest BCUT2D eigenvalue weighted by Crippen LogP contribution is -2.43. The number of aliphatic hydroxyl groups is 1. The van der Waals surface area contributed by atoms with Gasteiger partial charge in [-0.1, -0.05) is 32.5 Å². The van der Waals surface area contributed by atoms with E-state index in [9.17, 15) is 5.11 Å². The van der Waals surface area contributed by atoms with Crippen LogP contribution in [0.2, 0.25) is 25.2 Å². The molecule has 2 heteroatoms. The standard InChI is InChI=1S/C11H20OSi/c1-5-10(13(2,3)4)11(12)8-6-7-9-11/h1,10,12H,6-9H2,2-4H3. The molecule has 74 valence electrons. The maximum Gasteiger partial charge on any atom is 0.0759 e. The average Bonchev–Trinajstić information content (AvgIpc) is 2.34. The highest BCUT2D eigenvalue weighted by Crippen LogP contribution is 2.43. The summed E-state index contributed by atoms with van der Waals surface area (Å²) in [6.45, 7) is 6.73.